The van der Waals surface area contributed by atoms with E-state index in [1.807, 2.05) is 20.8 Å². The molecule has 0 aliphatic carbocycles. The van der Waals surface area contributed by atoms with E-state index in [0.717, 1.165) is 0 Å². The van der Waals surface area contributed by atoms with Gasteiger partial charge in [0.15, 0.2) is 0 Å². The lowest BCUT2D eigenvalue weighted by molar-refractivity contribution is 0.0176. The molecule has 0 aliphatic heterocycles. The molecule has 2 N–H and O–H groups in total. The lowest BCUT2D eigenvalue weighted by Gasteiger charge is -2.29. The summed E-state index contributed by atoms with van der Waals surface area (Å²) in [6.45, 7) is 6.55. The highest BCUT2D eigenvalue weighted by molar-refractivity contribution is 6.32. The zero-order valence-corrected chi connectivity index (χ0v) is 12.4. The number of carbonyl (C=O) groups is 1. The second-order valence-corrected chi connectivity index (χ2v) is 5.87. The zero-order valence-electron chi connectivity index (χ0n) is 11.7. The van der Waals surface area contributed by atoms with Crippen molar-refractivity contribution in [2.45, 2.75) is 26.9 Å². The first-order valence-electron chi connectivity index (χ1n) is 6.05. The molecule has 1 atom stereocenters. The third-order valence-corrected chi connectivity index (χ3v) is 3.21. The SMILES string of the molecule is CO[C@@H](CNC(=O)c1ccc(O)c(Cl)c1)C(C)(C)C. The lowest BCUT2D eigenvalue weighted by Crippen LogP contribution is -2.40. The quantitative estimate of drug-likeness (QED) is 0.894. The minimum absolute atomic E-state index is 0.0392. The van der Waals surface area contributed by atoms with E-state index in [4.69, 9.17) is 16.3 Å². The van der Waals surface area contributed by atoms with Crippen LogP contribution < -0.4 is 5.32 Å². The molecule has 0 saturated heterocycles. The average Bonchev–Trinajstić information content (AvgIpc) is 2.31. The van der Waals surface area contributed by atoms with Crippen molar-refractivity contribution in [3.05, 3.63) is 28.8 Å². The zero-order chi connectivity index (χ0) is 14.6. The standard InChI is InChI=1S/C14H20ClNO3/c1-14(2,3)12(19-4)8-16-13(18)9-5-6-11(17)10(15)7-9/h5-7,12,17H,8H2,1-4H3,(H,16,18)/t12-/m0/s1. The van der Waals surface area contributed by atoms with Crippen LogP contribution >= 0.6 is 11.6 Å². The van der Waals surface area contributed by atoms with Gasteiger partial charge in [0, 0.05) is 19.2 Å². The van der Waals surface area contributed by atoms with E-state index in [0.29, 0.717) is 12.1 Å². The molecule has 1 rings (SSSR count). The largest absolute Gasteiger partial charge is 0.506 e. The second-order valence-electron chi connectivity index (χ2n) is 5.47. The molecular weight excluding hydrogens is 266 g/mol. The lowest BCUT2D eigenvalue weighted by atomic mass is 9.89. The number of halogens is 1. The highest BCUT2D eigenvalue weighted by Gasteiger charge is 2.24. The summed E-state index contributed by atoms with van der Waals surface area (Å²) in [5.74, 6) is -0.282. The molecule has 1 aromatic carbocycles. The Morgan fingerprint density at radius 1 is 1.47 bits per heavy atom. The molecule has 0 unspecified atom stereocenters. The van der Waals surface area contributed by atoms with Crippen LogP contribution in [0.15, 0.2) is 18.2 Å². The van der Waals surface area contributed by atoms with Gasteiger partial charge in [-0.05, 0) is 23.6 Å². The van der Waals surface area contributed by atoms with Gasteiger partial charge in [-0.25, -0.2) is 0 Å². The Labute approximate surface area is 118 Å². The summed E-state index contributed by atoms with van der Waals surface area (Å²) in [5.41, 5.74) is 0.348. The Hall–Kier alpha value is -1.26. The maximum atomic E-state index is 11.9. The molecule has 0 radical (unpaired) electrons. The first-order chi connectivity index (χ1) is 8.75. The molecule has 0 saturated carbocycles. The summed E-state index contributed by atoms with van der Waals surface area (Å²) in [6, 6.07) is 4.36. The van der Waals surface area contributed by atoms with E-state index in [2.05, 4.69) is 5.32 Å². The van der Waals surface area contributed by atoms with Crippen LogP contribution in [0.5, 0.6) is 5.75 Å². The molecule has 1 aromatic rings. The number of ether oxygens (including phenoxy) is 1. The van der Waals surface area contributed by atoms with Crippen LogP contribution in [0.3, 0.4) is 0 Å². The molecule has 0 bridgehead atoms. The first kappa shape index (κ1) is 15.8. The highest BCUT2D eigenvalue weighted by Crippen LogP contribution is 2.24. The fourth-order valence-corrected chi connectivity index (χ4v) is 1.86. The Kier molecular flexibility index (Phi) is 5.20. The molecule has 0 fully saturated rings. The fraction of sp³-hybridized carbons (Fsp3) is 0.500. The number of carbonyl (C=O) groups excluding carboxylic acids is 1. The summed E-state index contributed by atoms with van der Waals surface area (Å²) in [5, 5.41) is 12.3. The average molecular weight is 286 g/mol. The van der Waals surface area contributed by atoms with Crippen LogP contribution in [-0.2, 0) is 4.74 Å². The number of rotatable bonds is 4. The van der Waals surface area contributed by atoms with E-state index in [1.165, 1.54) is 18.2 Å². The van der Waals surface area contributed by atoms with Crippen LogP contribution in [0.4, 0.5) is 0 Å². The number of amides is 1. The van der Waals surface area contributed by atoms with E-state index < -0.39 is 0 Å². The third-order valence-electron chi connectivity index (χ3n) is 2.91. The molecule has 19 heavy (non-hydrogen) atoms. The molecule has 0 heterocycles. The second kappa shape index (κ2) is 6.26. The summed E-state index contributed by atoms with van der Waals surface area (Å²) in [6.07, 6.45) is -0.0796. The van der Waals surface area contributed by atoms with Crippen LogP contribution in [0.1, 0.15) is 31.1 Å². The van der Waals surface area contributed by atoms with Crippen LogP contribution in [-0.4, -0.2) is 30.8 Å². The summed E-state index contributed by atoms with van der Waals surface area (Å²) in [4.78, 5) is 11.9. The normalized spacial score (nSPS) is 13.1. The minimum atomic E-state index is -0.242. The van der Waals surface area contributed by atoms with Gasteiger partial charge in [-0.3, -0.25) is 4.79 Å². The van der Waals surface area contributed by atoms with Crippen molar-refractivity contribution in [3.8, 4) is 5.75 Å². The molecular formula is C14H20ClNO3. The number of phenols is 1. The number of hydrogen-bond donors (Lipinski definition) is 2. The van der Waals surface area contributed by atoms with Gasteiger partial charge in [0.05, 0.1) is 11.1 Å². The maximum Gasteiger partial charge on any atom is 0.251 e. The van der Waals surface area contributed by atoms with E-state index in [1.54, 1.807) is 7.11 Å². The van der Waals surface area contributed by atoms with Gasteiger partial charge in [-0.2, -0.15) is 0 Å². The van der Waals surface area contributed by atoms with Crippen molar-refractivity contribution in [2.75, 3.05) is 13.7 Å². The van der Waals surface area contributed by atoms with Crippen molar-refractivity contribution in [1.29, 1.82) is 0 Å². The Morgan fingerprint density at radius 2 is 2.11 bits per heavy atom. The van der Waals surface area contributed by atoms with Crippen molar-refractivity contribution in [2.24, 2.45) is 5.41 Å². The fourth-order valence-electron chi connectivity index (χ4n) is 1.68. The number of nitrogens with one attached hydrogen (secondary N) is 1. The summed E-state index contributed by atoms with van der Waals surface area (Å²) in [7, 11) is 1.62. The molecule has 5 heteroatoms. The molecule has 4 nitrogen and oxygen atoms in total. The van der Waals surface area contributed by atoms with Crippen LogP contribution in [0, 0.1) is 5.41 Å². The van der Waals surface area contributed by atoms with Gasteiger partial charge in [0.25, 0.3) is 5.91 Å². The monoisotopic (exact) mass is 285 g/mol. The topological polar surface area (TPSA) is 58.6 Å². The van der Waals surface area contributed by atoms with Gasteiger partial charge in [0.1, 0.15) is 5.75 Å². The van der Waals surface area contributed by atoms with Gasteiger partial charge in [0.2, 0.25) is 0 Å². The Morgan fingerprint density at radius 3 is 2.58 bits per heavy atom. The van der Waals surface area contributed by atoms with E-state index in [9.17, 15) is 9.90 Å². The smallest absolute Gasteiger partial charge is 0.251 e. The van der Waals surface area contributed by atoms with E-state index in [-0.39, 0.29) is 28.2 Å². The minimum Gasteiger partial charge on any atom is -0.506 e. The van der Waals surface area contributed by atoms with Crippen LogP contribution in [0.2, 0.25) is 5.02 Å². The third kappa shape index (κ3) is 4.40. The number of phenolic OH excluding ortho intramolecular Hbond substituents is 1. The van der Waals surface area contributed by atoms with Gasteiger partial charge < -0.3 is 15.2 Å². The predicted molar refractivity (Wildman–Crippen MR) is 75.7 cm³/mol. The number of benzene rings is 1. The summed E-state index contributed by atoms with van der Waals surface area (Å²) < 4.78 is 5.36. The van der Waals surface area contributed by atoms with Crippen molar-refractivity contribution < 1.29 is 14.6 Å². The van der Waals surface area contributed by atoms with Gasteiger partial charge in [-0.1, -0.05) is 32.4 Å². The van der Waals surface area contributed by atoms with Crippen molar-refractivity contribution in [3.63, 3.8) is 0 Å². The molecule has 1 amide bonds. The predicted octanol–water partition coefficient (Wildman–Crippen LogP) is 2.84. The molecule has 0 aromatic heterocycles. The Balaban J connectivity index is 2.67. The van der Waals surface area contributed by atoms with Crippen molar-refractivity contribution in [1.82, 2.24) is 5.32 Å². The highest BCUT2D eigenvalue weighted by atomic mass is 35.5. The van der Waals surface area contributed by atoms with E-state index >= 15 is 0 Å². The molecule has 106 valence electrons. The first-order valence-corrected chi connectivity index (χ1v) is 6.43. The molecule has 0 spiro atoms. The number of aromatic hydroxyl groups is 1. The maximum absolute atomic E-state index is 11.9. The Bertz CT molecular complexity index is 454. The summed E-state index contributed by atoms with van der Waals surface area (Å²) >= 11 is 5.77. The number of methoxy groups -OCH3 is 1. The van der Waals surface area contributed by atoms with Gasteiger partial charge in [-0.15, -0.1) is 0 Å². The van der Waals surface area contributed by atoms with Crippen molar-refractivity contribution >= 4 is 17.5 Å². The van der Waals surface area contributed by atoms with Crippen LogP contribution in [0.25, 0.3) is 0 Å². The number of hydrogen-bond acceptors (Lipinski definition) is 3. The van der Waals surface area contributed by atoms with Gasteiger partial charge >= 0.3 is 0 Å². The molecule has 0 aliphatic rings.